The number of aryl methyl sites for hydroxylation is 1. The Morgan fingerprint density at radius 2 is 1.93 bits per heavy atom. The van der Waals surface area contributed by atoms with E-state index in [9.17, 15) is 18.0 Å². The highest BCUT2D eigenvalue weighted by Crippen LogP contribution is 2.33. The molecular weight excluding hydrogens is 381 g/mol. The van der Waals surface area contributed by atoms with Crippen LogP contribution in [0.3, 0.4) is 0 Å². The summed E-state index contributed by atoms with van der Waals surface area (Å²) in [6.07, 6.45) is 0. The van der Waals surface area contributed by atoms with Gasteiger partial charge < -0.3 is 9.84 Å². The average molecular weight is 395 g/mol. The van der Waals surface area contributed by atoms with E-state index in [0.29, 0.717) is 0 Å². The van der Waals surface area contributed by atoms with E-state index in [1.807, 2.05) is 0 Å². The molecule has 8 heteroatoms. The van der Waals surface area contributed by atoms with Crippen molar-refractivity contribution in [1.29, 1.82) is 0 Å². The summed E-state index contributed by atoms with van der Waals surface area (Å²) in [5.74, 6) is -2.68. The fourth-order valence-corrected chi connectivity index (χ4v) is 2.99. The number of amides is 1. The predicted octanol–water partition coefficient (Wildman–Crippen LogP) is 5.21. The molecule has 3 rings (SSSR count). The second-order valence-corrected chi connectivity index (χ2v) is 6.33. The minimum atomic E-state index is -0.790. The van der Waals surface area contributed by atoms with Gasteiger partial charge in [0.2, 0.25) is 0 Å². The van der Waals surface area contributed by atoms with Crippen molar-refractivity contribution in [3.63, 3.8) is 0 Å². The Kier molecular flexibility index (Phi) is 5.23. The number of benzene rings is 2. The van der Waals surface area contributed by atoms with Crippen LogP contribution in [0.1, 0.15) is 34.6 Å². The smallest absolute Gasteiger partial charge is 0.257 e. The third-order valence-electron chi connectivity index (χ3n) is 4.07. The van der Waals surface area contributed by atoms with Crippen LogP contribution in [0.5, 0.6) is 0 Å². The van der Waals surface area contributed by atoms with Gasteiger partial charge in [0.25, 0.3) is 5.91 Å². The van der Waals surface area contributed by atoms with Crippen LogP contribution in [0.15, 0.2) is 40.9 Å². The molecule has 0 spiro atoms. The molecular formula is C19H14ClF3N2O2. The van der Waals surface area contributed by atoms with Crippen LogP contribution in [0, 0.1) is 24.4 Å². The minimum absolute atomic E-state index is 0.0173. The van der Waals surface area contributed by atoms with E-state index in [0.717, 1.165) is 12.1 Å². The second kappa shape index (κ2) is 7.44. The number of rotatable bonds is 4. The van der Waals surface area contributed by atoms with Gasteiger partial charge in [0.15, 0.2) is 0 Å². The van der Waals surface area contributed by atoms with Crippen molar-refractivity contribution in [3.8, 4) is 11.3 Å². The lowest BCUT2D eigenvalue weighted by atomic mass is 10.0. The lowest BCUT2D eigenvalue weighted by Gasteiger charge is -2.15. The fourth-order valence-electron chi connectivity index (χ4n) is 2.73. The molecule has 2 aromatic carbocycles. The SMILES string of the molecule is Cc1onc(-c2c(F)cccc2Cl)c1C(=O)NC(C)c1ccc(F)cc1F. The van der Waals surface area contributed by atoms with E-state index >= 15 is 0 Å². The first-order valence-corrected chi connectivity index (χ1v) is 8.34. The minimum Gasteiger partial charge on any atom is -0.360 e. The van der Waals surface area contributed by atoms with Gasteiger partial charge in [0.1, 0.15) is 34.5 Å². The summed E-state index contributed by atoms with van der Waals surface area (Å²) in [7, 11) is 0. The molecule has 27 heavy (non-hydrogen) atoms. The van der Waals surface area contributed by atoms with E-state index in [1.54, 1.807) is 0 Å². The number of aromatic nitrogens is 1. The standard InChI is InChI=1S/C19H14ClF3N2O2/c1-9(12-7-6-11(21)8-15(12)23)24-19(26)16-10(2)27-25-18(16)17-13(20)4-3-5-14(17)22/h3-9H,1-2H3,(H,24,26). The summed E-state index contributed by atoms with van der Waals surface area (Å²) in [5, 5.41) is 6.40. The lowest BCUT2D eigenvalue weighted by Crippen LogP contribution is -2.28. The number of nitrogens with one attached hydrogen (secondary N) is 1. The van der Waals surface area contributed by atoms with Crippen molar-refractivity contribution in [3.05, 3.63) is 75.8 Å². The summed E-state index contributed by atoms with van der Waals surface area (Å²) < 4.78 is 46.3. The van der Waals surface area contributed by atoms with Crippen LogP contribution in [-0.2, 0) is 0 Å². The maximum atomic E-state index is 14.2. The molecule has 3 aromatic rings. The molecule has 0 bridgehead atoms. The molecule has 0 saturated heterocycles. The molecule has 0 aliphatic carbocycles. The molecule has 1 aromatic heterocycles. The molecule has 0 radical (unpaired) electrons. The molecule has 0 aliphatic heterocycles. The Balaban J connectivity index is 1.95. The molecule has 0 aliphatic rings. The maximum Gasteiger partial charge on any atom is 0.257 e. The van der Waals surface area contributed by atoms with Crippen molar-refractivity contribution in [2.24, 2.45) is 0 Å². The lowest BCUT2D eigenvalue weighted by molar-refractivity contribution is 0.0938. The largest absolute Gasteiger partial charge is 0.360 e. The van der Waals surface area contributed by atoms with Gasteiger partial charge in [-0.05, 0) is 32.0 Å². The first-order valence-electron chi connectivity index (χ1n) is 7.96. The van der Waals surface area contributed by atoms with Crippen molar-refractivity contribution >= 4 is 17.5 Å². The third-order valence-corrected chi connectivity index (χ3v) is 4.38. The zero-order valence-electron chi connectivity index (χ0n) is 14.3. The van der Waals surface area contributed by atoms with Crippen LogP contribution in [-0.4, -0.2) is 11.1 Å². The molecule has 140 valence electrons. The van der Waals surface area contributed by atoms with Crippen LogP contribution in [0.2, 0.25) is 5.02 Å². The van der Waals surface area contributed by atoms with Gasteiger partial charge in [0.05, 0.1) is 16.6 Å². The topological polar surface area (TPSA) is 55.1 Å². The quantitative estimate of drug-likeness (QED) is 0.660. The molecule has 4 nitrogen and oxygen atoms in total. The van der Waals surface area contributed by atoms with Gasteiger partial charge in [-0.1, -0.05) is 28.9 Å². The van der Waals surface area contributed by atoms with Gasteiger partial charge in [-0.2, -0.15) is 0 Å². The van der Waals surface area contributed by atoms with Crippen LogP contribution < -0.4 is 5.32 Å². The van der Waals surface area contributed by atoms with E-state index in [1.165, 1.54) is 38.1 Å². The number of carbonyl (C=O) groups excluding carboxylic acids is 1. The van der Waals surface area contributed by atoms with Crippen LogP contribution in [0.4, 0.5) is 13.2 Å². The molecule has 1 unspecified atom stereocenters. The Hall–Kier alpha value is -2.80. The number of nitrogens with zero attached hydrogens (tertiary/aromatic N) is 1. The van der Waals surface area contributed by atoms with E-state index < -0.39 is 29.4 Å². The van der Waals surface area contributed by atoms with Gasteiger partial charge in [-0.25, -0.2) is 13.2 Å². The van der Waals surface area contributed by atoms with Crippen molar-refractivity contribution in [2.75, 3.05) is 0 Å². The maximum absolute atomic E-state index is 14.2. The molecule has 0 saturated carbocycles. The summed E-state index contributed by atoms with van der Waals surface area (Å²) in [5.41, 5.74) is -0.0395. The van der Waals surface area contributed by atoms with Crippen molar-refractivity contribution in [1.82, 2.24) is 10.5 Å². The van der Waals surface area contributed by atoms with Crippen molar-refractivity contribution in [2.45, 2.75) is 19.9 Å². The second-order valence-electron chi connectivity index (χ2n) is 5.92. The Bertz CT molecular complexity index is 1000. The zero-order chi connectivity index (χ0) is 19.7. The predicted molar refractivity (Wildman–Crippen MR) is 93.9 cm³/mol. The summed E-state index contributed by atoms with van der Waals surface area (Å²) >= 11 is 6.05. The molecule has 1 amide bonds. The highest BCUT2D eigenvalue weighted by molar-refractivity contribution is 6.33. The fraction of sp³-hybridized carbons (Fsp3) is 0.158. The summed E-state index contributed by atoms with van der Waals surface area (Å²) in [4.78, 5) is 12.7. The van der Waals surface area contributed by atoms with E-state index in [-0.39, 0.29) is 33.2 Å². The molecule has 1 heterocycles. The van der Waals surface area contributed by atoms with E-state index in [4.69, 9.17) is 16.1 Å². The Labute approximate surface area is 157 Å². The molecule has 1 N–H and O–H groups in total. The normalized spacial score (nSPS) is 12.1. The number of carbonyl (C=O) groups is 1. The van der Waals surface area contributed by atoms with E-state index in [2.05, 4.69) is 10.5 Å². The van der Waals surface area contributed by atoms with Gasteiger partial charge in [0, 0.05) is 11.6 Å². The van der Waals surface area contributed by atoms with Crippen molar-refractivity contribution < 1.29 is 22.5 Å². The monoisotopic (exact) mass is 394 g/mol. The highest BCUT2D eigenvalue weighted by atomic mass is 35.5. The first-order chi connectivity index (χ1) is 12.8. The van der Waals surface area contributed by atoms with Gasteiger partial charge >= 0.3 is 0 Å². The summed E-state index contributed by atoms with van der Waals surface area (Å²) in [6.45, 7) is 3.02. The van der Waals surface area contributed by atoms with Crippen LogP contribution >= 0.6 is 11.6 Å². The molecule has 0 fully saturated rings. The highest BCUT2D eigenvalue weighted by Gasteiger charge is 2.26. The third kappa shape index (κ3) is 3.68. The Morgan fingerprint density at radius 1 is 1.19 bits per heavy atom. The average Bonchev–Trinajstić information content (AvgIpc) is 2.96. The number of halogens is 4. The van der Waals surface area contributed by atoms with Gasteiger partial charge in [-0.3, -0.25) is 4.79 Å². The number of hydrogen-bond donors (Lipinski definition) is 1. The number of hydrogen-bond acceptors (Lipinski definition) is 3. The summed E-state index contributed by atoms with van der Waals surface area (Å²) in [6, 6.07) is 6.35. The Morgan fingerprint density at radius 3 is 2.59 bits per heavy atom. The zero-order valence-corrected chi connectivity index (χ0v) is 15.1. The first kappa shape index (κ1) is 19.0. The van der Waals surface area contributed by atoms with Gasteiger partial charge in [-0.15, -0.1) is 0 Å². The van der Waals surface area contributed by atoms with Crippen LogP contribution in [0.25, 0.3) is 11.3 Å². The molecule has 1 atom stereocenters.